The largest absolute Gasteiger partial charge is 0.497 e. The van der Waals surface area contributed by atoms with Gasteiger partial charge in [-0.25, -0.2) is 4.98 Å². The van der Waals surface area contributed by atoms with Crippen molar-refractivity contribution in [2.24, 2.45) is 0 Å². The molecule has 1 aromatic carbocycles. The van der Waals surface area contributed by atoms with Crippen LogP contribution in [0.3, 0.4) is 0 Å². The third-order valence-electron chi connectivity index (χ3n) is 5.64. The van der Waals surface area contributed by atoms with Crippen molar-refractivity contribution in [3.05, 3.63) is 41.5 Å². The first-order valence-electron chi connectivity index (χ1n) is 10.1. The van der Waals surface area contributed by atoms with Crippen molar-refractivity contribution in [2.75, 3.05) is 45.7 Å². The van der Waals surface area contributed by atoms with E-state index in [-0.39, 0.29) is 11.8 Å². The summed E-state index contributed by atoms with van der Waals surface area (Å²) in [7, 11) is 3.64. The van der Waals surface area contributed by atoms with Gasteiger partial charge in [-0.1, -0.05) is 6.07 Å². The molecular formula is C21H27N5O3. The number of nitrogens with one attached hydrogen (secondary N) is 1. The van der Waals surface area contributed by atoms with Crippen molar-refractivity contribution < 1.29 is 14.3 Å². The van der Waals surface area contributed by atoms with Crippen LogP contribution in [0.1, 0.15) is 39.6 Å². The predicted molar refractivity (Wildman–Crippen MR) is 110 cm³/mol. The molecule has 0 aliphatic carbocycles. The Labute approximate surface area is 170 Å². The Balaban J connectivity index is 1.60. The van der Waals surface area contributed by atoms with E-state index in [9.17, 15) is 9.59 Å². The molecule has 8 nitrogen and oxygen atoms in total. The Morgan fingerprint density at radius 2 is 1.90 bits per heavy atom. The number of likely N-dealkylation sites (N-methyl/N-ethyl adjacent to an activating group) is 1. The van der Waals surface area contributed by atoms with Crippen LogP contribution in [0.5, 0.6) is 5.75 Å². The number of carbonyl (C=O) groups is 2. The summed E-state index contributed by atoms with van der Waals surface area (Å²) >= 11 is 0. The number of fused-ring (bicyclic) bond motifs is 1. The van der Waals surface area contributed by atoms with E-state index >= 15 is 0 Å². The molecule has 2 aliphatic rings. The first kappa shape index (κ1) is 19.4. The number of rotatable bonds is 4. The molecule has 0 unspecified atom stereocenters. The highest BCUT2D eigenvalue weighted by Crippen LogP contribution is 2.24. The Hall–Kier alpha value is -2.87. The maximum absolute atomic E-state index is 13.1. The fraction of sp³-hybridized carbons (Fsp3) is 0.476. The number of carbonyl (C=O) groups excluding carboxylic acids is 2. The van der Waals surface area contributed by atoms with Crippen molar-refractivity contribution >= 4 is 17.5 Å². The molecular weight excluding hydrogens is 370 g/mol. The summed E-state index contributed by atoms with van der Waals surface area (Å²) < 4.78 is 7.17. The first-order chi connectivity index (χ1) is 14.1. The van der Waals surface area contributed by atoms with Gasteiger partial charge in [0.25, 0.3) is 11.8 Å². The van der Waals surface area contributed by atoms with Crippen molar-refractivity contribution in [2.45, 2.75) is 25.8 Å². The van der Waals surface area contributed by atoms with Gasteiger partial charge in [-0.2, -0.15) is 0 Å². The van der Waals surface area contributed by atoms with Crippen molar-refractivity contribution in [3.8, 4) is 5.75 Å². The molecule has 1 N–H and O–H groups in total. The Morgan fingerprint density at radius 1 is 1.10 bits per heavy atom. The highest BCUT2D eigenvalue weighted by molar-refractivity contribution is 6.05. The van der Waals surface area contributed by atoms with Gasteiger partial charge in [0.2, 0.25) is 0 Å². The molecule has 1 saturated heterocycles. The normalized spacial score (nSPS) is 17.0. The van der Waals surface area contributed by atoms with Crippen LogP contribution < -0.4 is 10.1 Å². The molecule has 8 heteroatoms. The summed E-state index contributed by atoms with van der Waals surface area (Å²) in [6.07, 6.45) is 2.74. The summed E-state index contributed by atoms with van der Waals surface area (Å²) in [5.41, 5.74) is 1.85. The molecule has 2 amide bonds. The third kappa shape index (κ3) is 3.98. The van der Waals surface area contributed by atoms with Crippen LogP contribution in [0.2, 0.25) is 0 Å². The molecule has 0 saturated carbocycles. The summed E-state index contributed by atoms with van der Waals surface area (Å²) in [4.78, 5) is 34.7. The van der Waals surface area contributed by atoms with E-state index in [2.05, 4.69) is 22.2 Å². The summed E-state index contributed by atoms with van der Waals surface area (Å²) in [5.74, 6) is 0.684. The van der Waals surface area contributed by atoms with Crippen molar-refractivity contribution in [3.63, 3.8) is 0 Å². The van der Waals surface area contributed by atoms with Gasteiger partial charge in [0.05, 0.1) is 12.8 Å². The summed E-state index contributed by atoms with van der Waals surface area (Å²) in [5, 5.41) is 2.89. The fourth-order valence-electron chi connectivity index (χ4n) is 3.93. The zero-order valence-electron chi connectivity index (χ0n) is 17.0. The molecule has 2 aliphatic heterocycles. The van der Waals surface area contributed by atoms with E-state index in [1.165, 1.54) is 0 Å². The van der Waals surface area contributed by atoms with Gasteiger partial charge < -0.3 is 24.4 Å². The molecule has 3 heterocycles. The Bertz CT molecular complexity index is 915. The number of methoxy groups -OCH3 is 1. The molecule has 1 aromatic heterocycles. The maximum atomic E-state index is 13.1. The maximum Gasteiger partial charge on any atom is 0.289 e. The van der Waals surface area contributed by atoms with Gasteiger partial charge >= 0.3 is 0 Å². The average Bonchev–Trinajstić information content (AvgIpc) is 3.14. The molecule has 0 spiro atoms. The molecule has 0 atom stereocenters. The van der Waals surface area contributed by atoms with E-state index in [0.29, 0.717) is 36.0 Å². The highest BCUT2D eigenvalue weighted by Gasteiger charge is 2.30. The van der Waals surface area contributed by atoms with Crippen molar-refractivity contribution in [1.82, 2.24) is 19.4 Å². The van der Waals surface area contributed by atoms with Crippen LogP contribution in [0.15, 0.2) is 24.3 Å². The second kappa shape index (κ2) is 8.24. The Morgan fingerprint density at radius 3 is 2.66 bits per heavy atom. The summed E-state index contributed by atoms with van der Waals surface area (Å²) in [6.45, 7) is 3.79. The molecule has 1 fully saturated rings. The first-order valence-corrected chi connectivity index (χ1v) is 10.1. The van der Waals surface area contributed by atoms with Gasteiger partial charge in [-0.15, -0.1) is 0 Å². The summed E-state index contributed by atoms with van der Waals surface area (Å²) in [6, 6.07) is 7.20. The molecule has 0 bridgehead atoms. The highest BCUT2D eigenvalue weighted by atomic mass is 16.5. The SMILES string of the molecule is COc1cccc(NC(=O)c2nc(C(=O)N3CCN(C)CC3)n3c2CCCC3)c1. The standard InChI is InChI=1S/C21H27N5O3/c1-24-10-12-25(13-11-24)21(28)19-23-18(17-8-3-4-9-26(17)19)20(27)22-15-6-5-7-16(14-15)29-2/h5-7,14H,3-4,8-13H2,1-2H3,(H,22,27). The minimum Gasteiger partial charge on any atom is -0.497 e. The van der Waals surface area contributed by atoms with Gasteiger partial charge in [0.1, 0.15) is 5.75 Å². The third-order valence-corrected chi connectivity index (χ3v) is 5.64. The zero-order chi connectivity index (χ0) is 20.4. The number of imidazole rings is 1. The van der Waals surface area contributed by atoms with E-state index in [1.807, 2.05) is 21.6 Å². The zero-order valence-corrected chi connectivity index (χ0v) is 17.0. The number of ether oxygens (including phenoxy) is 1. The molecule has 2 aromatic rings. The lowest BCUT2D eigenvalue weighted by Crippen LogP contribution is -2.47. The second-order valence-electron chi connectivity index (χ2n) is 7.62. The van der Waals surface area contributed by atoms with Gasteiger partial charge in [-0.05, 0) is 38.4 Å². The quantitative estimate of drug-likeness (QED) is 0.852. The number of benzene rings is 1. The molecule has 154 valence electrons. The van der Waals surface area contributed by atoms with E-state index < -0.39 is 0 Å². The van der Waals surface area contributed by atoms with E-state index in [0.717, 1.165) is 44.6 Å². The van der Waals surface area contributed by atoms with E-state index in [4.69, 9.17) is 4.74 Å². The van der Waals surface area contributed by atoms with Crippen LogP contribution in [0, 0.1) is 0 Å². The predicted octanol–water partition coefficient (Wildman–Crippen LogP) is 1.87. The van der Waals surface area contributed by atoms with Crippen LogP contribution in [0.4, 0.5) is 5.69 Å². The lowest BCUT2D eigenvalue weighted by Gasteiger charge is -2.32. The minimum atomic E-state index is -0.290. The number of nitrogens with zero attached hydrogens (tertiary/aromatic N) is 4. The lowest BCUT2D eigenvalue weighted by atomic mass is 10.1. The average molecular weight is 397 g/mol. The van der Waals surface area contributed by atoms with Crippen LogP contribution in [-0.4, -0.2) is 71.5 Å². The number of piperazine rings is 1. The van der Waals surface area contributed by atoms with E-state index in [1.54, 1.807) is 19.2 Å². The Kier molecular flexibility index (Phi) is 5.53. The number of aromatic nitrogens is 2. The van der Waals surface area contributed by atoms with Crippen LogP contribution in [-0.2, 0) is 13.0 Å². The molecule has 4 rings (SSSR count). The fourth-order valence-corrected chi connectivity index (χ4v) is 3.93. The van der Waals surface area contributed by atoms with Gasteiger partial charge in [0, 0.05) is 44.5 Å². The number of hydrogen-bond acceptors (Lipinski definition) is 5. The number of anilines is 1. The van der Waals surface area contributed by atoms with Gasteiger partial charge in [0.15, 0.2) is 11.5 Å². The van der Waals surface area contributed by atoms with Crippen LogP contribution >= 0.6 is 0 Å². The monoisotopic (exact) mass is 397 g/mol. The molecule has 29 heavy (non-hydrogen) atoms. The lowest BCUT2D eigenvalue weighted by molar-refractivity contribution is 0.0645. The number of hydrogen-bond donors (Lipinski definition) is 1. The van der Waals surface area contributed by atoms with Crippen LogP contribution in [0.25, 0.3) is 0 Å². The van der Waals surface area contributed by atoms with Crippen molar-refractivity contribution in [1.29, 1.82) is 0 Å². The topological polar surface area (TPSA) is 79.7 Å². The second-order valence-corrected chi connectivity index (χ2v) is 7.62. The molecule has 0 radical (unpaired) electrons. The minimum absolute atomic E-state index is 0.0818. The smallest absolute Gasteiger partial charge is 0.289 e. The van der Waals surface area contributed by atoms with Gasteiger partial charge in [-0.3, -0.25) is 9.59 Å². The number of amides is 2.